The van der Waals surface area contributed by atoms with Crippen molar-refractivity contribution in [1.82, 2.24) is 9.88 Å². The van der Waals surface area contributed by atoms with E-state index in [1.54, 1.807) is 12.1 Å². The zero-order valence-electron chi connectivity index (χ0n) is 9.67. The lowest BCUT2D eigenvalue weighted by molar-refractivity contribution is -0.137. The summed E-state index contributed by atoms with van der Waals surface area (Å²) in [5.41, 5.74) is 0.185. The molecule has 1 aromatic rings. The van der Waals surface area contributed by atoms with Gasteiger partial charge in [0.2, 0.25) is 0 Å². The SMILES string of the molecule is O=C(O)CN(CC1CC1)C(=O)c1cccc(Cl)n1. The molecule has 0 spiro atoms. The van der Waals surface area contributed by atoms with Crippen LogP contribution in [-0.2, 0) is 4.79 Å². The van der Waals surface area contributed by atoms with Crippen LogP contribution in [0.5, 0.6) is 0 Å². The van der Waals surface area contributed by atoms with Crippen LogP contribution < -0.4 is 0 Å². The molecule has 0 bridgehead atoms. The molecule has 1 aliphatic rings. The van der Waals surface area contributed by atoms with Gasteiger partial charge in [-0.25, -0.2) is 4.98 Å². The van der Waals surface area contributed by atoms with Gasteiger partial charge in [0.05, 0.1) is 0 Å². The summed E-state index contributed by atoms with van der Waals surface area (Å²) in [6.07, 6.45) is 2.10. The molecule has 1 saturated carbocycles. The minimum absolute atomic E-state index is 0.185. The number of carboxylic acids is 1. The van der Waals surface area contributed by atoms with Crippen LogP contribution >= 0.6 is 11.6 Å². The van der Waals surface area contributed by atoms with Gasteiger partial charge in [-0.05, 0) is 30.9 Å². The maximum Gasteiger partial charge on any atom is 0.323 e. The monoisotopic (exact) mass is 268 g/mol. The average Bonchev–Trinajstić information content (AvgIpc) is 3.10. The number of amides is 1. The van der Waals surface area contributed by atoms with Gasteiger partial charge in [0.15, 0.2) is 0 Å². The van der Waals surface area contributed by atoms with Crippen LogP contribution in [0.4, 0.5) is 0 Å². The first-order valence-corrected chi connectivity index (χ1v) is 6.07. The molecule has 1 aliphatic carbocycles. The predicted octanol–water partition coefficient (Wildman–Crippen LogP) is 1.67. The van der Waals surface area contributed by atoms with E-state index in [1.807, 2.05) is 0 Å². The Balaban J connectivity index is 2.12. The van der Waals surface area contributed by atoms with Gasteiger partial charge < -0.3 is 10.0 Å². The maximum absolute atomic E-state index is 12.1. The van der Waals surface area contributed by atoms with Crippen LogP contribution in [0.15, 0.2) is 18.2 Å². The number of rotatable bonds is 5. The molecule has 6 heteroatoms. The van der Waals surface area contributed by atoms with Crippen molar-refractivity contribution in [3.63, 3.8) is 0 Å². The predicted molar refractivity (Wildman–Crippen MR) is 65.5 cm³/mol. The first-order valence-electron chi connectivity index (χ1n) is 5.70. The third-order valence-electron chi connectivity index (χ3n) is 2.72. The number of hydrogen-bond acceptors (Lipinski definition) is 3. The standard InChI is InChI=1S/C12H13ClN2O3/c13-10-3-1-2-9(14-10)12(18)15(7-11(16)17)6-8-4-5-8/h1-3,8H,4-7H2,(H,16,17). The van der Waals surface area contributed by atoms with Crippen molar-refractivity contribution in [2.24, 2.45) is 5.92 Å². The van der Waals surface area contributed by atoms with Crippen LogP contribution in [0.3, 0.4) is 0 Å². The Morgan fingerprint density at radius 2 is 2.17 bits per heavy atom. The third-order valence-corrected chi connectivity index (χ3v) is 2.93. The molecule has 1 N–H and O–H groups in total. The Bertz CT molecular complexity index is 474. The number of halogens is 1. The number of nitrogens with zero attached hydrogens (tertiary/aromatic N) is 2. The summed E-state index contributed by atoms with van der Waals surface area (Å²) >= 11 is 5.72. The summed E-state index contributed by atoms with van der Waals surface area (Å²) in [5, 5.41) is 9.05. The van der Waals surface area contributed by atoms with Crippen molar-refractivity contribution in [1.29, 1.82) is 0 Å². The number of aliphatic carboxylic acids is 1. The summed E-state index contributed by atoms with van der Waals surface area (Å²) in [6, 6.07) is 4.73. The van der Waals surface area contributed by atoms with Crippen LogP contribution in [0.25, 0.3) is 0 Å². The lowest BCUT2D eigenvalue weighted by atomic mass is 10.3. The summed E-state index contributed by atoms with van der Waals surface area (Å²) in [6.45, 7) is 0.169. The Morgan fingerprint density at radius 3 is 2.72 bits per heavy atom. The highest BCUT2D eigenvalue weighted by molar-refractivity contribution is 6.29. The second-order valence-electron chi connectivity index (χ2n) is 4.37. The number of hydrogen-bond donors (Lipinski definition) is 1. The fraction of sp³-hybridized carbons (Fsp3) is 0.417. The third kappa shape index (κ3) is 3.43. The highest BCUT2D eigenvalue weighted by Gasteiger charge is 2.28. The average molecular weight is 269 g/mol. The van der Waals surface area contributed by atoms with E-state index >= 15 is 0 Å². The fourth-order valence-corrected chi connectivity index (χ4v) is 1.85. The van der Waals surface area contributed by atoms with Crippen molar-refractivity contribution in [3.8, 4) is 0 Å². The number of carbonyl (C=O) groups excluding carboxylic acids is 1. The van der Waals surface area contributed by atoms with Gasteiger partial charge in [0.1, 0.15) is 17.4 Å². The van der Waals surface area contributed by atoms with E-state index in [9.17, 15) is 9.59 Å². The molecule has 0 saturated heterocycles. The molecular formula is C12H13ClN2O3. The van der Waals surface area contributed by atoms with E-state index < -0.39 is 5.97 Å². The molecule has 18 heavy (non-hydrogen) atoms. The Labute approximate surface area is 109 Å². The molecule has 1 fully saturated rings. The summed E-state index contributed by atoms with van der Waals surface area (Å²) in [5.74, 6) is -0.981. The van der Waals surface area contributed by atoms with Crippen LogP contribution in [0, 0.1) is 5.92 Å². The summed E-state index contributed by atoms with van der Waals surface area (Å²) < 4.78 is 0. The van der Waals surface area contributed by atoms with E-state index in [2.05, 4.69) is 4.98 Å². The second-order valence-corrected chi connectivity index (χ2v) is 4.76. The van der Waals surface area contributed by atoms with Gasteiger partial charge in [-0.3, -0.25) is 9.59 Å². The highest BCUT2D eigenvalue weighted by atomic mass is 35.5. The van der Waals surface area contributed by atoms with Crippen molar-refractivity contribution in [2.45, 2.75) is 12.8 Å². The molecule has 0 aromatic carbocycles. The number of pyridine rings is 1. The second kappa shape index (κ2) is 5.35. The smallest absolute Gasteiger partial charge is 0.323 e. The molecule has 5 nitrogen and oxygen atoms in total. The molecule has 0 radical (unpaired) electrons. The molecule has 1 heterocycles. The Morgan fingerprint density at radius 1 is 1.44 bits per heavy atom. The minimum atomic E-state index is -1.02. The van der Waals surface area contributed by atoms with E-state index in [1.165, 1.54) is 11.0 Å². The quantitative estimate of drug-likeness (QED) is 0.825. The van der Waals surface area contributed by atoms with Gasteiger partial charge >= 0.3 is 5.97 Å². The molecule has 96 valence electrons. The van der Waals surface area contributed by atoms with Crippen molar-refractivity contribution in [2.75, 3.05) is 13.1 Å². The molecular weight excluding hydrogens is 256 g/mol. The van der Waals surface area contributed by atoms with Gasteiger partial charge in [-0.1, -0.05) is 17.7 Å². The molecule has 0 atom stereocenters. The molecule has 1 aromatic heterocycles. The Kier molecular flexibility index (Phi) is 3.81. The lowest BCUT2D eigenvalue weighted by Gasteiger charge is -2.20. The van der Waals surface area contributed by atoms with Gasteiger partial charge in [-0.15, -0.1) is 0 Å². The summed E-state index contributed by atoms with van der Waals surface area (Å²) in [4.78, 5) is 28.1. The number of aromatic nitrogens is 1. The fourth-order valence-electron chi connectivity index (χ4n) is 1.68. The molecule has 2 rings (SSSR count). The number of carbonyl (C=O) groups is 2. The van der Waals surface area contributed by atoms with Crippen LogP contribution in [-0.4, -0.2) is 40.0 Å². The zero-order chi connectivity index (χ0) is 13.1. The van der Waals surface area contributed by atoms with Crippen molar-refractivity contribution < 1.29 is 14.7 Å². The van der Waals surface area contributed by atoms with Gasteiger partial charge in [0, 0.05) is 6.54 Å². The summed E-state index contributed by atoms with van der Waals surface area (Å²) in [7, 11) is 0. The largest absolute Gasteiger partial charge is 0.480 e. The van der Waals surface area contributed by atoms with E-state index in [-0.39, 0.29) is 23.3 Å². The highest BCUT2D eigenvalue weighted by Crippen LogP contribution is 2.30. The molecule has 0 unspecified atom stereocenters. The molecule has 0 aliphatic heterocycles. The van der Waals surface area contributed by atoms with Crippen LogP contribution in [0.2, 0.25) is 5.15 Å². The molecule has 1 amide bonds. The van der Waals surface area contributed by atoms with Crippen molar-refractivity contribution >= 4 is 23.5 Å². The minimum Gasteiger partial charge on any atom is -0.480 e. The normalized spacial score (nSPS) is 14.3. The lowest BCUT2D eigenvalue weighted by Crippen LogP contribution is -2.37. The topological polar surface area (TPSA) is 70.5 Å². The van der Waals surface area contributed by atoms with Crippen molar-refractivity contribution in [3.05, 3.63) is 29.0 Å². The number of carboxylic acid groups (broad SMARTS) is 1. The van der Waals surface area contributed by atoms with Gasteiger partial charge in [0.25, 0.3) is 5.91 Å². The Hall–Kier alpha value is -1.62. The van der Waals surface area contributed by atoms with Gasteiger partial charge in [-0.2, -0.15) is 0 Å². The maximum atomic E-state index is 12.1. The van der Waals surface area contributed by atoms with E-state index in [4.69, 9.17) is 16.7 Å². The van der Waals surface area contributed by atoms with Crippen LogP contribution in [0.1, 0.15) is 23.3 Å². The first-order chi connectivity index (χ1) is 8.56. The van der Waals surface area contributed by atoms with E-state index in [0.29, 0.717) is 12.5 Å². The first kappa shape index (κ1) is 12.8. The zero-order valence-corrected chi connectivity index (χ0v) is 10.4. The van der Waals surface area contributed by atoms with E-state index in [0.717, 1.165) is 12.8 Å².